The van der Waals surface area contributed by atoms with Crippen LogP contribution in [0.3, 0.4) is 0 Å². The number of amides is 1. The van der Waals surface area contributed by atoms with Crippen LogP contribution in [0.15, 0.2) is 51.5 Å². The summed E-state index contributed by atoms with van der Waals surface area (Å²) in [7, 11) is 0. The number of nitrogens with one attached hydrogen (secondary N) is 1. The Kier molecular flexibility index (Phi) is 3.89. The number of hydrogen-bond donors (Lipinski definition) is 1. The molecule has 4 rings (SSSR count). The molecule has 2 unspecified atom stereocenters. The quantitative estimate of drug-likeness (QED) is 0.734. The van der Waals surface area contributed by atoms with E-state index >= 15 is 0 Å². The van der Waals surface area contributed by atoms with Gasteiger partial charge in [-0.1, -0.05) is 19.1 Å². The fraction of sp³-hybridized carbons (Fsp3) is 0.263. The minimum absolute atomic E-state index is 0.0511. The molecule has 0 aliphatic carbocycles. The first-order valence-electron chi connectivity index (χ1n) is 8.17. The summed E-state index contributed by atoms with van der Waals surface area (Å²) in [6.07, 6.45) is 1.73. The average Bonchev–Trinajstić information content (AvgIpc) is 3.34. The van der Waals surface area contributed by atoms with Crippen LogP contribution in [-0.4, -0.2) is 24.4 Å². The van der Waals surface area contributed by atoms with E-state index in [1.807, 2.05) is 13.0 Å². The van der Waals surface area contributed by atoms with E-state index < -0.39 is 11.9 Å². The Balaban J connectivity index is 1.74. The van der Waals surface area contributed by atoms with Crippen molar-refractivity contribution < 1.29 is 23.2 Å². The van der Waals surface area contributed by atoms with Crippen molar-refractivity contribution >= 4 is 28.3 Å². The first kappa shape index (κ1) is 15.7. The van der Waals surface area contributed by atoms with Crippen LogP contribution < -0.4 is 5.32 Å². The number of carbonyl (C=O) groups excluding carboxylic acids is 2. The number of benzene rings is 1. The summed E-state index contributed by atoms with van der Waals surface area (Å²) < 4.78 is 16.4. The van der Waals surface area contributed by atoms with E-state index in [1.165, 1.54) is 6.26 Å². The van der Waals surface area contributed by atoms with E-state index in [0.29, 0.717) is 23.3 Å². The monoisotopic (exact) mass is 339 g/mol. The normalized spacial score (nSPS) is 20.0. The predicted molar refractivity (Wildman–Crippen MR) is 90.5 cm³/mol. The smallest absolute Gasteiger partial charge is 0.265 e. The summed E-state index contributed by atoms with van der Waals surface area (Å²) in [4.78, 5) is 25.3. The molecular weight excluding hydrogens is 322 g/mol. The minimum Gasteiger partial charge on any atom is -0.461 e. The summed E-state index contributed by atoms with van der Waals surface area (Å²) in [5, 5.41) is 3.49. The van der Waals surface area contributed by atoms with Gasteiger partial charge in [-0.05, 0) is 36.6 Å². The molecule has 1 N–H and O–H groups in total. The van der Waals surface area contributed by atoms with Gasteiger partial charge in [0.1, 0.15) is 11.7 Å². The van der Waals surface area contributed by atoms with Gasteiger partial charge in [0, 0.05) is 12.0 Å². The largest absolute Gasteiger partial charge is 0.461 e. The van der Waals surface area contributed by atoms with Gasteiger partial charge in [-0.15, -0.1) is 0 Å². The van der Waals surface area contributed by atoms with Crippen LogP contribution in [0.5, 0.6) is 0 Å². The van der Waals surface area contributed by atoms with E-state index in [0.717, 1.165) is 6.42 Å². The molecule has 0 spiro atoms. The van der Waals surface area contributed by atoms with Crippen molar-refractivity contribution in [2.75, 3.05) is 11.9 Å². The van der Waals surface area contributed by atoms with Crippen molar-refractivity contribution in [3.8, 4) is 0 Å². The second-order valence-corrected chi connectivity index (χ2v) is 6.16. The van der Waals surface area contributed by atoms with E-state index in [-0.39, 0.29) is 23.3 Å². The van der Waals surface area contributed by atoms with Gasteiger partial charge in [-0.25, -0.2) is 0 Å². The van der Waals surface area contributed by atoms with Crippen molar-refractivity contribution in [2.24, 2.45) is 5.92 Å². The number of rotatable bonds is 4. The highest BCUT2D eigenvalue weighted by Gasteiger charge is 2.33. The third kappa shape index (κ3) is 2.74. The maximum absolute atomic E-state index is 12.7. The fourth-order valence-corrected chi connectivity index (χ4v) is 3.07. The van der Waals surface area contributed by atoms with E-state index in [1.54, 1.807) is 30.3 Å². The molecule has 3 aromatic rings. The van der Waals surface area contributed by atoms with Crippen molar-refractivity contribution in [1.82, 2.24) is 0 Å². The zero-order valence-electron chi connectivity index (χ0n) is 13.7. The van der Waals surface area contributed by atoms with Crippen LogP contribution in [-0.2, 0) is 9.53 Å². The first-order chi connectivity index (χ1) is 12.1. The second-order valence-electron chi connectivity index (χ2n) is 6.16. The molecule has 6 nitrogen and oxygen atoms in total. The fourth-order valence-electron chi connectivity index (χ4n) is 3.07. The maximum Gasteiger partial charge on any atom is 0.265 e. The van der Waals surface area contributed by atoms with Gasteiger partial charge in [0.2, 0.25) is 5.76 Å². The molecule has 2 atom stereocenters. The number of ether oxygens (including phenoxy) is 1. The molecule has 1 saturated heterocycles. The SMILES string of the molecule is CC1CCOC1C(=O)Nc1c(C(=O)c2ccco2)oc2ccccc12. The van der Waals surface area contributed by atoms with Crippen molar-refractivity contribution in [3.63, 3.8) is 0 Å². The molecule has 2 aromatic heterocycles. The molecule has 0 saturated carbocycles. The van der Waals surface area contributed by atoms with E-state index in [9.17, 15) is 9.59 Å². The molecule has 1 aliphatic rings. The van der Waals surface area contributed by atoms with Crippen LogP contribution in [0.25, 0.3) is 11.0 Å². The third-order valence-electron chi connectivity index (χ3n) is 4.44. The number of fused-ring (bicyclic) bond motifs is 1. The van der Waals surface area contributed by atoms with Gasteiger partial charge in [-0.2, -0.15) is 0 Å². The van der Waals surface area contributed by atoms with Gasteiger partial charge in [0.25, 0.3) is 11.7 Å². The molecule has 6 heteroatoms. The molecule has 128 valence electrons. The molecule has 0 radical (unpaired) electrons. The van der Waals surface area contributed by atoms with E-state index in [4.69, 9.17) is 13.6 Å². The summed E-state index contributed by atoms with van der Waals surface area (Å²) in [6.45, 7) is 2.53. The van der Waals surface area contributed by atoms with Crippen LogP contribution in [0.1, 0.15) is 29.7 Å². The average molecular weight is 339 g/mol. The molecule has 1 fully saturated rings. The van der Waals surface area contributed by atoms with Crippen LogP contribution >= 0.6 is 0 Å². The van der Waals surface area contributed by atoms with Gasteiger partial charge in [-0.3, -0.25) is 9.59 Å². The van der Waals surface area contributed by atoms with E-state index in [2.05, 4.69) is 5.32 Å². The topological polar surface area (TPSA) is 81.7 Å². The highest BCUT2D eigenvalue weighted by molar-refractivity contribution is 6.16. The lowest BCUT2D eigenvalue weighted by Gasteiger charge is -2.14. The Morgan fingerprint density at radius 3 is 2.72 bits per heavy atom. The van der Waals surface area contributed by atoms with Crippen LogP contribution in [0.4, 0.5) is 5.69 Å². The highest BCUT2D eigenvalue weighted by atomic mass is 16.5. The minimum atomic E-state index is -0.528. The van der Waals surface area contributed by atoms with Crippen molar-refractivity contribution in [2.45, 2.75) is 19.4 Å². The Labute approximate surface area is 143 Å². The molecule has 3 heterocycles. The summed E-state index contributed by atoms with van der Waals surface area (Å²) >= 11 is 0. The lowest BCUT2D eigenvalue weighted by atomic mass is 10.0. The van der Waals surface area contributed by atoms with Gasteiger partial charge in [0.05, 0.1) is 12.0 Å². The Morgan fingerprint density at radius 2 is 2.00 bits per heavy atom. The molecular formula is C19H17NO5. The Hall–Kier alpha value is -2.86. The summed E-state index contributed by atoms with van der Waals surface area (Å²) in [5.41, 5.74) is 0.873. The molecule has 0 bridgehead atoms. The molecule has 1 aliphatic heterocycles. The van der Waals surface area contributed by atoms with Gasteiger partial charge < -0.3 is 18.9 Å². The van der Waals surface area contributed by atoms with Gasteiger partial charge in [0.15, 0.2) is 5.76 Å². The van der Waals surface area contributed by atoms with Gasteiger partial charge >= 0.3 is 0 Å². The lowest BCUT2D eigenvalue weighted by Crippen LogP contribution is -2.31. The maximum atomic E-state index is 12.7. The van der Waals surface area contributed by atoms with Crippen LogP contribution in [0, 0.1) is 5.92 Å². The number of para-hydroxylation sites is 1. The molecule has 1 amide bonds. The van der Waals surface area contributed by atoms with Crippen molar-refractivity contribution in [1.29, 1.82) is 0 Å². The van der Waals surface area contributed by atoms with Crippen molar-refractivity contribution in [3.05, 3.63) is 54.2 Å². The number of carbonyl (C=O) groups is 2. The Morgan fingerprint density at radius 1 is 1.16 bits per heavy atom. The number of ketones is 1. The zero-order chi connectivity index (χ0) is 17.4. The lowest BCUT2D eigenvalue weighted by molar-refractivity contribution is -0.126. The number of furan rings is 2. The highest BCUT2D eigenvalue weighted by Crippen LogP contribution is 2.33. The summed E-state index contributed by atoms with van der Waals surface area (Å²) in [5.74, 6) is -0.362. The van der Waals surface area contributed by atoms with Crippen LogP contribution in [0.2, 0.25) is 0 Å². The zero-order valence-corrected chi connectivity index (χ0v) is 13.7. The third-order valence-corrected chi connectivity index (χ3v) is 4.44. The summed E-state index contributed by atoms with van der Waals surface area (Å²) in [6, 6.07) is 10.4. The Bertz CT molecular complexity index is 925. The first-order valence-corrected chi connectivity index (χ1v) is 8.17. The molecule has 1 aromatic carbocycles. The standard InChI is InChI=1S/C19H17NO5/c1-11-8-10-24-17(11)19(22)20-15-12-5-2-3-6-13(12)25-18(15)16(21)14-7-4-9-23-14/h2-7,9,11,17H,8,10H2,1H3,(H,20,22). The molecule has 25 heavy (non-hydrogen) atoms. The number of anilines is 1. The predicted octanol–water partition coefficient (Wildman–Crippen LogP) is 3.62. The number of hydrogen-bond acceptors (Lipinski definition) is 5. The second kappa shape index (κ2) is 6.22.